The van der Waals surface area contributed by atoms with E-state index in [4.69, 9.17) is 4.52 Å². The fourth-order valence-corrected chi connectivity index (χ4v) is 4.65. The van der Waals surface area contributed by atoms with Crippen LogP contribution in [-0.4, -0.2) is 52.0 Å². The van der Waals surface area contributed by atoms with Crippen molar-refractivity contribution in [3.05, 3.63) is 11.7 Å². The topological polar surface area (TPSA) is 62.5 Å². The van der Waals surface area contributed by atoms with E-state index in [-0.39, 0.29) is 5.41 Å². The molecule has 6 heteroatoms. The Labute approximate surface area is 156 Å². The number of rotatable bonds is 6. The van der Waals surface area contributed by atoms with Crippen LogP contribution in [0.1, 0.15) is 64.1 Å². The van der Waals surface area contributed by atoms with Crippen molar-refractivity contribution in [2.24, 2.45) is 17.3 Å². The van der Waals surface area contributed by atoms with Gasteiger partial charge in [0.25, 0.3) is 0 Å². The van der Waals surface area contributed by atoms with Gasteiger partial charge in [-0.15, -0.1) is 0 Å². The molecule has 144 valence electrons. The highest BCUT2D eigenvalue weighted by Crippen LogP contribution is 2.40. The van der Waals surface area contributed by atoms with Crippen LogP contribution < -0.4 is 0 Å². The largest absolute Gasteiger partial charge is 0.342 e. The maximum absolute atomic E-state index is 12.3. The minimum absolute atomic E-state index is 0.269. The van der Waals surface area contributed by atoms with Gasteiger partial charge in [0.05, 0.1) is 6.54 Å². The molecule has 0 aromatic carbocycles. The summed E-state index contributed by atoms with van der Waals surface area (Å²) in [5, 5.41) is 4.18. The van der Waals surface area contributed by atoms with Gasteiger partial charge in [0.2, 0.25) is 11.8 Å². The molecule has 3 fully saturated rings. The molecule has 1 aromatic heterocycles. The van der Waals surface area contributed by atoms with Crippen molar-refractivity contribution in [2.75, 3.05) is 26.2 Å². The predicted molar refractivity (Wildman–Crippen MR) is 98.3 cm³/mol. The molecule has 1 amide bonds. The molecular formula is C20H32N4O2. The van der Waals surface area contributed by atoms with E-state index in [1.54, 1.807) is 0 Å². The molecule has 3 aliphatic rings. The van der Waals surface area contributed by atoms with E-state index >= 15 is 0 Å². The number of aromatic nitrogens is 2. The Morgan fingerprint density at radius 2 is 2.12 bits per heavy atom. The second-order valence-corrected chi connectivity index (χ2v) is 9.23. The van der Waals surface area contributed by atoms with Crippen molar-refractivity contribution in [3.63, 3.8) is 0 Å². The SMILES string of the molecule is CC(C)Cc1nc(CN2CCC[C@@]3(CCC(=O)N(CC4CC4)C3)C2)no1. The first kappa shape index (κ1) is 18.0. The molecule has 4 rings (SSSR count). The lowest BCUT2D eigenvalue weighted by molar-refractivity contribution is -0.139. The summed E-state index contributed by atoms with van der Waals surface area (Å²) in [6, 6.07) is 0. The first-order valence-corrected chi connectivity index (χ1v) is 10.3. The number of amides is 1. The van der Waals surface area contributed by atoms with Crippen molar-refractivity contribution in [2.45, 2.75) is 65.3 Å². The van der Waals surface area contributed by atoms with Gasteiger partial charge in [0.1, 0.15) is 0 Å². The first-order chi connectivity index (χ1) is 12.5. The number of hydrogen-bond donors (Lipinski definition) is 0. The van der Waals surface area contributed by atoms with Crippen molar-refractivity contribution >= 4 is 5.91 Å². The lowest BCUT2D eigenvalue weighted by atomic mass is 9.73. The van der Waals surface area contributed by atoms with Crippen LogP contribution in [-0.2, 0) is 17.8 Å². The number of carbonyl (C=O) groups excluding carboxylic acids is 1. The van der Waals surface area contributed by atoms with Crippen molar-refractivity contribution in [1.29, 1.82) is 0 Å². The van der Waals surface area contributed by atoms with Crippen molar-refractivity contribution < 1.29 is 9.32 Å². The average Bonchev–Trinajstić information content (AvgIpc) is 3.30. The minimum atomic E-state index is 0.269. The number of hydrogen-bond acceptors (Lipinski definition) is 5. The summed E-state index contributed by atoms with van der Waals surface area (Å²) in [7, 11) is 0. The molecular weight excluding hydrogens is 328 g/mol. The Hall–Kier alpha value is -1.43. The lowest BCUT2D eigenvalue weighted by Crippen LogP contribution is -2.54. The number of nitrogens with zero attached hydrogens (tertiary/aromatic N) is 4. The third-order valence-corrected chi connectivity index (χ3v) is 6.12. The molecule has 0 unspecified atom stereocenters. The van der Waals surface area contributed by atoms with Gasteiger partial charge in [0.15, 0.2) is 5.82 Å². The summed E-state index contributed by atoms with van der Waals surface area (Å²) in [5.74, 6) is 3.22. The van der Waals surface area contributed by atoms with Gasteiger partial charge < -0.3 is 9.42 Å². The van der Waals surface area contributed by atoms with Gasteiger partial charge >= 0.3 is 0 Å². The van der Waals surface area contributed by atoms with E-state index in [9.17, 15) is 4.79 Å². The molecule has 1 aliphatic carbocycles. The summed E-state index contributed by atoms with van der Waals surface area (Å²) in [5.41, 5.74) is 0.269. The van der Waals surface area contributed by atoms with Gasteiger partial charge in [-0.05, 0) is 50.5 Å². The molecule has 1 spiro atoms. The smallest absolute Gasteiger partial charge is 0.226 e. The second kappa shape index (κ2) is 7.29. The molecule has 0 radical (unpaired) electrons. The van der Waals surface area contributed by atoms with E-state index in [1.165, 1.54) is 25.7 Å². The third kappa shape index (κ3) is 4.27. The predicted octanol–water partition coefficient (Wildman–Crippen LogP) is 2.88. The van der Waals surface area contributed by atoms with Gasteiger partial charge in [-0.3, -0.25) is 9.69 Å². The number of carbonyl (C=O) groups is 1. The van der Waals surface area contributed by atoms with Crippen LogP contribution in [0, 0.1) is 17.3 Å². The zero-order valence-electron chi connectivity index (χ0n) is 16.2. The summed E-state index contributed by atoms with van der Waals surface area (Å²) in [6.07, 6.45) is 7.65. The molecule has 3 heterocycles. The quantitative estimate of drug-likeness (QED) is 0.780. The molecule has 0 N–H and O–H groups in total. The zero-order chi connectivity index (χ0) is 18.1. The molecule has 6 nitrogen and oxygen atoms in total. The van der Waals surface area contributed by atoms with E-state index < -0.39 is 0 Å². The Balaban J connectivity index is 1.37. The van der Waals surface area contributed by atoms with Crippen LogP contribution in [0.4, 0.5) is 0 Å². The lowest BCUT2D eigenvalue weighted by Gasteiger charge is -2.48. The summed E-state index contributed by atoms with van der Waals surface area (Å²) in [6.45, 7) is 9.17. The summed E-state index contributed by atoms with van der Waals surface area (Å²) >= 11 is 0. The molecule has 1 saturated carbocycles. The Morgan fingerprint density at radius 3 is 2.88 bits per heavy atom. The van der Waals surface area contributed by atoms with Crippen molar-refractivity contribution in [3.8, 4) is 0 Å². The second-order valence-electron chi connectivity index (χ2n) is 9.23. The molecule has 2 aliphatic heterocycles. The van der Waals surface area contributed by atoms with Crippen LogP contribution in [0.25, 0.3) is 0 Å². The minimum Gasteiger partial charge on any atom is -0.342 e. The summed E-state index contributed by atoms with van der Waals surface area (Å²) < 4.78 is 5.40. The van der Waals surface area contributed by atoms with Crippen LogP contribution in [0.15, 0.2) is 4.52 Å². The molecule has 0 bridgehead atoms. The standard InChI is InChI=1S/C20H32N4O2/c1-15(2)10-18-21-17(22-26-18)12-23-9-3-7-20(13-23)8-6-19(25)24(14-20)11-16-4-5-16/h15-16H,3-14H2,1-2H3/t20-/m1/s1. The Kier molecular flexibility index (Phi) is 5.04. The first-order valence-electron chi connectivity index (χ1n) is 10.3. The van der Waals surface area contributed by atoms with E-state index in [0.717, 1.165) is 69.6 Å². The van der Waals surface area contributed by atoms with Crippen LogP contribution in [0.2, 0.25) is 0 Å². The van der Waals surface area contributed by atoms with Gasteiger partial charge in [-0.1, -0.05) is 19.0 Å². The van der Waals surface area contributed by atoms with Gasteiger partial charge in [-0.25, -0.2) is 0 Å². The zero-order valence-corrected chi connectivity index (χ0v) is 16.2. The third-order valence-electron chi connectivity index (χ3n) is 6.12. The fraction of sp³-hybridized carbons (Fsp3) is 0.850. The average molecular weight is 361 g/mol. The number of likely N-dealkylation sites (tertiary alicyclic amines) is 2. The monoisotopic (exact) mass is 360 g/mol. The van der Waals surface area contributed by atoms with Crippen molar-refractivity contribution in [1.82, 2.24) is 19.9 Å². The maximum atomic E-state index is 12.3. The van der Waals surface area contributed by atoms with Crippen LogP contribution in [0.5, 0.6) is 0 Å². The van der Waals surface area contributed by atoms with Gasteiger partial charge in [0, 0.05) is 37.9 Å². The molecule has 1 aromatic rings. The van der Waals surface area contributed by atoms with Crippen LogP contribution in [0.3, 0.4) is 0 Å². The summed E-state index contributed by atoms with van der Waals surface area (Å²) in [4.78, 5) is 21.5. The van der Waals surface area contributed by atoms with Crippen LogP contribution >= 0.6 is 0 Å². The molecule has 1 atom stereocenters. The van der Waals surface area contributed by atoms with Gasteiger partial charge in [-0.2, -0.15) is 4.98 Å². The molecule has 2 saturated heterocycles. The fourth-order valence-electron chi connectivity index (χ4n) is 4.65. The highest BCUT2D eigenvalue weighted by atomic mass is 16.5. The Bertz CT molecular complexity index is 640. The maximum Gasteiger partial charge on any atom is 0.226 e. The Morgan fingerprint density at radius 1 is 1.27 bits per heavy atom. The molecule has 26 heavy (non-hydrogen) atoms. The van der Waals surface area contributed by atoms with E-state index in [0.29, 0.717) is 11.8 Å². The highest BCUT2D eigenvalue weighted by molar-refractivity contribution is 5.77. The normalized spacial score (nSPS) is 27.7. The van der Waals surface area contributed by atoms with E-state index in [2.05, 4.69) is 33.8 Å². The number of piperidine rings is 2. The van der Waals surface area contributed by atoms with E-state index in [1.807, 2.05) is 0 Å². The highest BCUT2D eigenvalue weighted by Gasteiger charge is 2.42.